The Hall–Kier alpha value is -3.15. The molecule has 0 aliphatic carbocycles. The van der Waals surface area contributed by atoms with Crippen molar-refractivity contribution in [3.8, 4) is 0 Å². The number of rotatable bonds is 5. The maximum atomic E-state index is 12.3. The largest absolute Gasteiger partial charge is 0.372 e. The molecule has 3 amide bonds. The summed E-state index contributed by atoms with van der Waals surface area (Å²) in [5.74, 6) is -1.19. The topological polar surface area (TPSA) is 69.7 Å². The average Bonchev–Trinajstić information content (AvgIpc) is 3.31. The number of benzene rings is 2. The van der Waals surface area contributed by atoms with Gasteiger partial charge in [-0.25, -0.2) is 0 Å². The first-order chi connectivity index (χ1) is 13.1. The predicted octanol–water partition coefficient (Wildman–Crippen LogP) is 2.20. The second-order valence-electron chi connectivity index (χ2n) is 6.88. The Bertz CT molecular complexity index is 851. The molecule has 0 saturated carbocycles. The number of anilines is 1. The second-order valence-corrected chi connectivity index (χ2v) is 6.88. The molecule has 2 heterocycles. The molecule has 0 atom stereocenters. The van der Waals surface area contributed by atoms with E-state index in [1.807, 2.05) is 12.1 Å². The van der Waals surface area contributed by atoms with Crippen molar-refractivity contribution in [1.29, 1.82) is 0 Å². The summed E-state index contributed by atoms with van der Waals surface area (Å²) in [6.45, 7) is 2.28. The van der Waals surface area contributed by atoms with Crippen molar-refractivity contribution in [3.63, 3.8) is 0 Å². The van der Waals surface area contributed by atoms with E-state index in [-0.39, 0.29) is 12.5 Å². The number of fused-ring (bicyclic) bond motifs is 1. The van der Waals surface area contributed by atoms with Crippen molar-refractivity contribution < 1.29 is 14.4 Å². The zero-order valence-electron chi connectivity index (χ0n) is 15.0. The lowest BCUT2D eigenvalue weighted by atomic mass is 10.1. The van der Waals surface area contributed by atoms with Crippen molar-refractivity contribution in [1.82, 2.24) is 10.2 Å². The second kappa shape index (κ2) is 7.23. The molecule has 1 N–H and O–H groups in total. The van der Waals surface area contributed by atoms with E-state index in [0.717, 1.165) is 23.6 Å². The molecule has 2 aromatic carbocycles. The smallest absolute Gasteiger partial charge is 0.262 e. The van der Waals surface area contributed by atoms with Gasteiger partial charge in [0.1, 0.15) is 6.54 Å². The van der Waals surface area contributed by atoms with Crippen molar-refractivity contribution in [3.05, 3.63) is 65.2 Å². The van der Waals surface area contributed by atoms with Crippen LogP contribution in [-0.4, -0.2) is 42.3 Å². The van der Waals surface area contributed by atoms with Crippen LogP contribution in [0.15, 0.2) is 48.5 Å². The van der Waals surface area contributed by atoms with Crippen molar-refractivity contribution in [2.24, 2.45) is 0 Å². The van der Waals surface area contributed by atoms with Crippen LogP contribution in [0.5, 0.6) is 0 Å². The number of hydrogen-bond acceptors (Lipinski definition) is 4. The molecule has 27 heavy (non-hydrogen) atoms. The molecule has 0 unspecified atom stereocenters. The molecule has 2 aliphatic rings. The van der Waals surface area contributed by atoms with Crippen LogP contribution in [0, 0.1) is 0 Å². The first-order valence-corrected chi connectivity index (χ1v) is 9.19. The minimum Gasteiger partial charge on any atom is -0.372 e. The molecule has 0 spiro atoms. The highest BCUT2D eigenvalue weighted by Gasteiger charge is 2.36. The molecular formula is C21H21N3O3. The maximum Gasteiger partial charge on any atom is 0.262 e. The molecule has 138 valence electrons. The lowest BCUT2D eigenvalue weighted by molar-refractivity contribution is -0.121. The summed E-state index contributed by atoms with van der Waals surface area (Å²) >= 11 is 0. The fourth-order valence-corrected chi connectivity index (χ4v) is 3.58. The van der Waals surface area contributed by atoms with Crippen molar-refractivity contribution in [2.45, 2.75) is 19.4 Å². The fraction of sp³-hybridized carbons (Fsp3) is 0.286. The van der Waals surface area contributed by atoms with E-state index in [0.29, 0.717) is 17.7 Å². The summed E-state index contributed by atoms with van der Waals surface area (Å²) in [6, 6.07) is 14.8. The van der Waals surface area contributed by atoms with Crippen LogP contribution >= 0.6 is 0 Å². The molecule has 2 aromatic rings. The normalized spacial score (nSPS) is 16.0. The van der Waals surface area contributed by atoms with Crippen LogP contribution in [0.3, 0.4) is 0 Å². The number of carbonyl (C=O) groups excluding carboxylic acids is 3. The van der Waals surface area contributed by atoms with Crippen molar-refractivity contribution >= 4 is 23.4 Å². The van der Waals surface area contributed by atoms with Gasteiger partial charge in [-0.05, 0) is 42.7 Å². The number of hydrogen-bond donors (Lipinski definition) is 1. The van der Waals surface area contributed by atoms with Gasteiger partial charge in [0.15, 0.2) is 0 Å². The molecule has 6 nitrogen and oxygen atoms in total. The Balaban J connectivity index is 1.32. The third kappa shape index (κ3) is 3.43. The van der Waals surface area contributed by atoms with Gasteiger partial charge < -0.3 is 10.2 Å². The number of nitrogens with one attached hydrogen (secondary N) is 1. The molecule has 4 rings (SSSR count). The van der Waals surface area contributed by atoms with E-state index in [1.54, 1.807) is 24.3 Å². The average molecular weight is 363 g/mol. The minimum atomic E-state index is -0.416. The highest BCUT2D eigenvalue weighted by Crippen LogP contribution is 2.22. The number of carbonyl (C=O) groups is 3. The molecule has 1 saturated heterocycles. The third-order valence-electron chi connectivity index (χ3n) is 5.08. The Morgan fingerprint density at radius 1 is 0.889 bits per heavy atom. The summed E-state index contributed by atoms with van der Waals surface area (Å²) in [5.41, 5.74) is 2.89. The highest BCUT2D eigenvalue weighted by molar-refractivity contribution is 6.22. The summed E-state index contributed by atoms with van der Waals surface area (Å²) in [4.78, 5) is 40.2. The monoisotopic (exact) mass is 363 g/mol. The predicted molar refractivity (Wildman–Crippen MR) is 102 cm³/mol. The quantitative estimate of drug-likeness (QED) is 0.827. The zero-order valence-corrected chi connectivity index (χ0v) is 15.0. The standard InChI is InChI=1S/C21H21N3O3/c25-19(14-24-20(26)17-5-1-2-6-18(17)21(24)27)22-13-15-7-9-16(10-8-15)23-11-3-4-12-23/h1-2,5-10H,3-4,11-14H2,(H,22,25). The van der Waals surface area contributed by atoms with E-state index in [1.165, 1.54) is 18.5 Å². The number of amides is 3. The van der Waals surface area contributed by atoms with Crippen LogP contribution in [0.25, 0.3) is 0 Å². The van der Waals surface area contributed by atoms with E-state index in [2.05, 4.69) is 22.3 Å². The van der Waals surface area contributed by atoms with Crippen LogP contribution in [0.4, 0.5) is 5.69 Å². The Morgan fingerprint density at radius 3 is 2.07 bits per heavy atom. The third-order valence-corrected chi connectivity index (χ3v) is 5.08. The van der Waals surface area contributed by atoms with Gasteiger partial charge in [-0.2, -0.15) is 0 Å². The first-order valence-electron chi connectivity index (χ1n) is 9.19. The van der Waals surface area contributed by atoms with E-state index < -0.39 is 11.8 Å². The Kier molecular flexibility index (Phi) is 4.62. The summed E-state index contributed by atoms with van der Waals surface area (Å²) < 4.78 is 0. The molecule has 0 bridgehead atoms. The molecule has 0 radical (unpaired) electrons. The first kappa shape index (κ1) is 17.3. The molecule has 1 fully saturated rings. The summed E-state index contributed by atoms with van der Waals surface area (Å²) in [6.07, 6.45) is 2.46. The van der Waals surface area contributed by atoms with Gasteiger partial charge >= 0.3 is 0 Å². The van der Waals surface area contributed by atoms with Crippen molar-refractivity contribution in [2.75, 3.05) is 24.5 Å². The minimum absolute atomic E-state index is 0.266. The fourth-order valence-electron chi connectivity index (χ4n) is 3.58. The lowest BCUT2D eigenvalue weighted by Gasteiger charge is -2.18. The van der Waals surface area contributed by atoms with Gasteiger partial charge in [-0.3, -0.25) is 19.3 Å². The van der Waals surface area contributed by atoms with E-state index >= 15 is 0 Å². The summed E-state index contributed by atoms with van der Waals surface area (Å²) in [5, 5.41) is 2.78. The van der Waals surface area contributed by atoms with Crippen LogP contribution < -0.4 is 10.2 Å². The molecule has 2 aliphatic heterocycles. The number of imide groups is 1. The lowest BCUT2D eigenvalue weighted by Crippen LogP contribution is -2.40. The van der Waals surface area contributed by atoms with Crippen LogP contribution in [0.2, 0.25) is 0 Å². The molecule has 6 heteroatoms. The van der Waals surface area contributed by atoms with E-state index in [9.17, 15) is 14.4 Å². The van der Waals surface area contributed by atoms with Gasteiger partial charge in [0.25, 0.3) is 11.8 Å². The zero-order chi connectivity index (χ0) is 18.8. The van der Waals surface area contributed by atoms with Crippen LogP contribution in [-0.2, 0) is 11.3 Å². The summed E-state index contributed by atoms with van der Waals surface area (Å²) in [7, 11) is 0. The van der Waals surface area contributed by atoms with Gasteiger partial charge in [-0.15, -0.1) is 0 Å². The van der Waals surface area contributed by atoms with Gasteiger partial charge in [0.2, 0.25) is 5.91 Å². The molecular weight excluding hydrogens is 342 g/mol. The van der Waals surface area contributed by atoms with Gasteiger partial charge in [0, 0.05) is 25.3 Å². The maximum absolute atomic E-state index is 12.3. The van der Waals surface area contributed by atoms with Crippen LogP contribution in [0.1, 0.15) is 39.1 Å². The van der Waals surface area contributed by atoms with E-state index in [4.69, 9.17) is 0 Å². The highest BCUT2D eigenvalue weighted by atomic mass is 16.2. The van der Waals surface area contributed by atoms with Gasteiger partial charge in [0.05, 0.1) is 11.1 Å². The number of nitrogens with zero attached hydrogens (tertiary/aromatic N) is 2. The Morgan fingerprint density at radius 2 is 1.48 bits per heavy atom. The van der Waals surface area contributed by atoms with Gasteiger partial charge in [-0.1, -0.05) is 24.3 Å². The SMILES string of the molecule is O=C(CN1C(=O)c2ccccc2C1=O)NCc1ccc(N2CCCC2)cc1. The molecule has 0 aromatic heterocycles. The Labute approximate surface area is 157 Å².